The molecule has 2 atom stereocenters. The van der Waals surface area contributed by atoms with Crippen LogP contribution in [0.5, 0.6) is 0 Å². The van der Waals surface area contributed by atoms with Gasteiger partial charge in [-0.3, -0.25) is 0 Å². The Morgan fingerprint density at radius 2 is 1.83 bits per heavy atom. The Kier molecular flexibility index (Phi) is 4.25. The van der Waals surface area contributed by atoms with Crippen LogP contribution in [-0.4, -0.2) is 37.1 Å². The smallest absolute Gasteiger partial charge is 0.0198 e. The van der Waals surface area contributed by atoms with Crippen molar-refractivity contribution in [1.29, 1.82) is 0 Å². The van der Waals surface area contributed by atoms with E-state index in [-0.39, 0.29) is 0 Å². The minimum Gasteiger partial charge on any atom is -0.313 e. The van der Waals surface area contributed by atoms with Gasteiger partial charge in [-0.25, -0.2) is 0 Å². The van der Waals surface area contributed by atoms with Crippen LogP contribution in [0.25, 0.3) is 0 Å². The first kappa shape index (κ1) is 12.9. The van der Waals surface area contributed by atoms with Crippen molar-refractivity contribution in [1.82, 2.24) is 10.2 Å². The lowest BCUT2D eigenvalue weighted by molar-refractivity contribution is 0.0971. The summed E-state index contributed by atoms with van der Waals surface area (Å²) >= 11 is 0. The molecule has 2 saturated carbocycles. The van der Waals surface area contributed by atoms with Crippen LogP contribution in [0, 0.1) is 17.8 Å². The topological polar surface area (TPSA) is 15.3 Å². The van der Waals surface area contributed by atoms with Gasteiger partial charge in [0.15, 0.2) is 0 Å². The Hall–Kier alpha value is -0.0800. The van der Waals surface area contributed by atoms with Gasteiger partial charge in [-0.05, 0) is 50.0 Å². The molecular weight excluding hydrogens is 220 g/mol. The first-order valence-corrected chi connectivity index (χ1v) is 8.29. The lowest BCUT2D eigenvalue weighted by Crippen LogP contribution is -2.50. The highest BCUT2D eigenvalue weighted by Gasteiger charge is 2.33. The van der Waals surface area contributed by atoms with Crippen molar-refractivity contribution in [2.75, 3.05) is 26.2 Å². The lowest BCUT2D eigenvalue weighted by atomic mass is 9.83. The Morgan fingerprint density at radius 1 is 1.00 bits per heavy atom. The van der Waals surface area contributed by atoms with Gasteiger partial charge in [0.05, 0.1) is 0 Å². The van der Waals surface area contributed by atoms with Crippen LogP contribution < -0.4 is 5.32 Å². The molecule has 0 amide bonds. The molecule has 2 heteroatoms. The monoisotopic (exact) mass is 250 g/mol. The highest BCUT2D eigenvalue weighted by atomic mass is 15.2. The van der Waals surface area contributed by atoms with Crippen molar-refractivity contribution >= 4 is 0 Å². The maximum absolute atomic E-state index is 3.71. The molecule has 104 valence electrons. The summed E-state index contributed by atoms with van der Waals surface area (Å²) in [5.74, 6) is 3.11. The average Bonchev–Trinajstić information content (AvgIpc) is 3.08. The molecule has 1 aliphatic heterocycles. The van der Waals surface area contributed by atoms with Crippen LogP contribution in [0.3, 0.4) is 0 Å². The summed E-state index contributed by atoms with van der Waals surface area (Å²) < 4.78 is 0. The van der Waals surface area contributed by atoms with E-state index < -0.39 is 0 Å². The summed E-state index contributed by atoms with van der Waals surface area (Å²) in [7, 11) is 0. The van der Waals surface area contributed by atoms with Crippen LogP contribution in [0.1, 0.15) is 51.9 Å². The van der Waals surface area contributed by atoms with Gasteiger partial charge in [-0.1, -0.05) is 26.2 Å². The summed E-state index contributed by atoms with van der Waals surface area (Å²) in [5, 5.41) is 3.71. The second-order valence-electron chi connectivity index (χ2n) is 7.05. The van der Waals surface area contributed by atoms with Crippen molar-refractivity contribution in [3.63, 3.8) is 0 Å². The molecule has 0 aromatic rings. The summed E-state index contributed by atoms with van der Waals surface area (Å²) in [6.07, 6.45) is 10.5. The third-order valence-corrected chi connectivity index (χ3v) is 5.21. The maximum Gasteiger partial charge on any atom is 0.0198 e. The van der Waals surface area contributed by atoms with Gasteiger partial charge in [0.1, 0.15) is 0 Å². The quantitative estimate of drug-likeness (QED) is 0.780. The van der Waals surface area contributed by atoms with Gasteiger partial charge in [0, 0.05) is 25.7 Å². The van der Waals surface area contributed by atoms with E-state index in [0.29, 0.717) is 0 Å². The number of nitrogens with one attached hydrogen (secondary N) is 1. The molecule has 2 nitrogen and oxygen atoms in total. The zero-order valence-electron chi connectivity index (χ0n) is 12.0. The highest BCUT2D eigenvalue weighted by Crippen LogP contribution is 2.38. The number of rotatable bonds is 6. The number of hydrogen-bond acceptors (Lipinski definition) is 2. The number of hydrogen-bond donors (Lipinski definition) is 1. The van der Waals surface area contributed by atoms with Gasteiger partial charge in [0.2, 0.25) is 0 Å². The Labute approximate surface area is 113 Å². The molecule has 3 aliphatic rings. The SMILES string of the molecule is CCNC1CC(CC2CC2)CN(CC2CCC2)C1. The van der Waals surface area contributed by atoms with Crippen molar-refractivity contribution < 1.29 is 0 Å². The zero-order valence-corrected chi connectivity index (χ0v) is 12.0. The Balaban J connectivity index is 1.50. The first-order valence-electron chi connectivity index (χ1n) is 8.29. The number of likely N-dealkylation sites (N-methyl/N-ethyl adjacent to an activating group) is 1. The maximum atomic E-state index is 3.71. The van der Waals surface area contributed by atoms with E-state index >= 15 is 0 Å². The number of piperidine rings is 1. The molecule has 0 aromatic heterocycles. The molecular formula is C16H30N2. The van der Waals surface area contributed by atoms with Crippen molar-refractivity contribution in [2.45, 2.75) is 57.9 Å². The van der Waals surface area contributed by atoms with E-state index in [2.05, 4.69) is 17.1 Å². The predicted octanol–water partition coefficient (Wildman–Crippen LogP) is 2.89. The standard InChI is InChI=1S/C16H30N2/c1-2-17-16-9-15(8-13-6-7-13)11-18(12-16)10-14-4-3-5-14/h13-17H,2-12H2,1H3. The summed E-state index contributed by atoms with van der Waals surface area (Å²) in [6, 6.07) is 0.771. The van der Waals surface area contributed by atoms with Crippen molar-refractivity contribution in [3.05, 3.63) is 0 Å². The van der Waals surface area contributed by atoms with Gasteiger partial charge >= 0.3 is 0 Å². The first-order chi connectivity index (χ1) is 8.83. The number of nitrogens with zero attached hydrogens (tertiary/aromatic N) is 1. The molecule has 3 rings (SSSR count). The van der Waals surface area contributed by atoms with Gasteiger partial charge in [-0.2, -0.15) is 0 Å². The highest BCUT2D eigenvalue weighted by molar-refractivity contribution is 4.88. The Morgan fingerprint density at radius 3 is 2.44 bits per heavy atom. The van der Waals surface area contributed by atoms with E-state index in [9.17, 15) is 0 Å². The molecule has 0 radical (unpaired) electrons. The summed E-state index contributed by atoms with van der Waals surface area (Å²) in [5.41, 5.74) is 0. The third kappa shape index (κ3) is 3.48. The molecule has 1 heterocycles. The molecule has 2 unspecified atom stereocenters. The van der Waals surface area contributed by atoms with E-state index in [4.69, 9.17) is 0 Å². The number of likely N-dealkylation sites (tertiary alicyclic amines) is 1. The Bertz CT molecular complexity index is 258. The second-order valence-corrected chi connectivity index (χ2v) is 7.05. The van der Waals surface area contributed by atoms with E-state index in [1.54, 1.807) is 0 Å². The zero-order chi connectivity index (χ0) is 12.4. The largest absolute Gasteiger partial charge is 0.313 e. The molecule has 2 aliphatic carbocycles. The van der Waals surface area contributed by atoms with Crippen molar-refractivity contribution in [3.8, 4) is 0 Å². The van der Waals surface area contributed by atoms with Crippen molar-refractivity contribution in [2.24, 2.45) is 17.8 Å². The third-order valence-electron chi connectivity index (χ3n) is 5.21. The molecule has 3 fully saturated rings. The molecule has 1 saturated heterocycles. The predicted molar refractivity (Wildman–Crippen MR) is 76.7 cm³/mol. The van der Waals surface area contributed by atoms with Gasteiger partial charge in [0.25, 0.3) is 0 Å². The fraction of sp³-hybridized carbons (Fsp3) is 1.00. The van der Waals surface area contributed by atoms with Gasteiger partial charge in [-0.15, -0.1) is 0 Å². The van der Waals surface area contributed by atoms with Crippen LogP contribution in [-0.2, 0) is 0 Å². The molecule has 0 aromatic carbocycles. The lowest BCUT2D eigenvalue weighted by Gasteiger charge is -2.41. The molecule has 0 spiro atoms. The fourth-order valence-corrected chi connectivity index (χ4v) is 3.92. The molecule has 0 bridgehead atoms. The summed E-state index contributed by atoms with van der Waals surface area (Å²) in [4.78, 5) is 2.79. The minimum atomic E-state index is 0.771. The minimum absolute atomic E-state index is 0.771. The van der Waals surface area contributed by atoms with Crippen LogP contribution in [0.4, 0.5) is 0 Å². The van der Waals surface area contributed by atoms with Crippen LogP contribution >= 0.6 is 0 Å². The molecule has 1 N–H and O–H groups in total. The van der Waals surface area contributed by atoms with E-state index in [0.717, 1.165) is 30.3 Å². The van der Waals surface area contributed by atoms with Crippen LogP contribution in [0.2, 0.25) is 0 Å². The van der Waals surface area contributed by atoms with Gasteiger partial charge < -0.3 is 10.2 Å². The summed E-state index contributed by atoms with van der Waals surface area (Å²) in [6.45, 7) is 7.49. The van der Waals surface area contributed by atoms with Crippen LogP contribution in [0.15, 0.2) is 0 Å². The average molecular weight is 250 g/mol. The van der Waals surface area contributed by atoms with E-state index in [1.165, 1.54) is 64.6 Å². The molecule has 18 heavy (non-hydrogen) atoms. The second kappa shape index (κ2) is 5.92. The fourth-order valence-electron chi connectivity index (χ4n) is 3.92. The normalized spacial score (nSPS) is 34.5. The van der Waals surface area contributed by atoms with E-state index in [1.807, 2.05) is 0 Å².